The lowest BCUT2D eigenvalue weighted by Crippen LogP contribution is -2.15. The topological polar surface area (TPSA) is 81.1 Å². The lowest BCUT2D eigenvalue weighted by Gasteiger charge is -2.12. The lowest BCUT2D eigenvalue weighted by atomic mass is 10.0. The number of benzene rings is 3. The second-order valence-electron chi connectivity index (χ2n) is 6.67. The van der Waals surface area contributed by atoms with Gasteiger partial charge >= 0.3 is 6.16 Å². The summed E-state index contributed by atoms with van der Waals surface area (Å²) in [5.41, 5.74) is 1.61. The molecule has 3 aromatic carbocycles. The molecule has 0 spiro atoms. The molecule has 4 rings (SSSR count). The first-order valence-corrected chi connectivity index (χ1v) is 9.19. The zero-order valence-corrected chi connectivity index (χ0v) is 15.8. The summed E-state index contributed by atoms with van der Waals surface area (Å²) in [6, 6.07) is 22.7. The van der Waals surface area contributed by atoms with Gasteiger partial charge < -0.3 is 18.9 Å². The van der Waals surface area contributed by atoms with E-state index in [-0.39, 0.29) is 18.8 Å². The Morgan fingerprint density at radius 1 is 1.10 bits per heavy atom. The van der Waals surface area contributed by atoms with Crippen LogP contribution in [0, 0.1) is 11.3 Å². The summed E-state index contributed by atoms with van der Waals surface area (Å²) in [4.78, 5) is 12.0. The Bertz CT molecular complexity index is 1060. The number of carbonyl (C=O) groups excluding carboxylic acids is 1. The fourth-order valence-corrected chi connectivity index (χ4v) is 3.19. The Morgan fingerprint density at radius 2 is 1.86 bits per heavy atom. The molecule has 1 saturated heterocycles. The molecule has 0 amide bonds. The highest BCUT2D eigenvalue weighted by molar-refractivity contribution is 5.84. The molecule has 1 aliphatic rings. The van der Waals surface area contributed by atoms with Gasteiger partial charge in [0.05, 0.1) is 7.11 Å². The number of hydrogen-bond acceptors (Lipinski definition) is 6. The minimum atomic E-state index is -1.06. The number of ether oxygens (including phenoxy) is 4. The van der Waals surface area contributed by atoms with E-state index in [0.717, 1.165) is 22.1 Å². The molecule has 3 atom stereocenters. The summed E-state index contributed by atoms with van der Waals surface area (Å²) in [5, 5.41) is 11.3. The van der Waals surface area contributed by atoms with Crippen molar-refractivity contribution in [3.05, 3.63) is 77.9 Å². The van der Waals surface area contributed by atoms with Crippen molar-refractivity contribution in [3.63, 3.8) is 0 Å². The van der Waals surface area contributed by atoms with Crippen LogP contribution >= 0.6 is 0 Å². The van der Waals surface area contributed by atoms with E-state index in [0.29, 0.717) is 5.56 Å². The van der Waals surface area contributed by atoms with Gasteiger partial charge in [-0.1, -0.05) is 48.5 Å². The zero-order chi connectivity index (χ0) is 20.2. The van der Waals surface area contributed by atoms with Crippen LogP contribution in [0.2, 0.25) is 0 Å². The summed E-state index contributed by atoms with van der Waals surface area (Å²) in [6.07, 6.45) is -2.22. The minimum absolute atomic E-state index is 0.0757. The van der Waals surface area contributed by atoms with Crippen LogP contribution in [0.5, 0.6) is 5.75 Å². The van der Waals surface area contributed by atoms with E-state index in [2.05, 4.69) is 0 Å². The van der Waals surface area contributed by atoms with E-state index in [1.165, 1.54) is 0 Å². The van der Waals surface area contributed by atoms with Gasteiger partial charge in [-0.2, -0.15) is 5.26 Å². The van der Waals surface area contributed by atoms with Crippen LogP contribution in [0.25, 0.3) is 10.8 Å². The van der Waals surface area contributed by atoms with Crippen LogP contribution in [-0.4, -0.2) is 26.0 Å². The van der Waals surface area contributed by atoms with Crippen molar-refractivity contribution in [2.45, 2.75) is 18.3 Å². The molecule has 0 saturated carbocycles. The van der Waals surface area contributed by atoms with Gasteiger partial charge in [-0.25, -0.2) is 4.79 Å². The van der Waals surface area contributed by atoms with Crippen molar-refractivity contribution in [1.82, 2.24) is 0 Å². The third kappa shape index (κ3) is 4.31. The number of epoxide rings is 1. The summed E-state index contributed by atoms with van der Waals surface area (Å²) < 4.78 is 21.1. The van der Waals surface area contributed by atoms with Crippen molar-refractivity contribution in [3.8, 4) is 11.8 Å². The third-order valence-electron chi connectivity index (χ3n) is 4.78. The molecule has 3 aromatic rings. The van der Waals surface area contributed by atoms with E-state index in [1.54, 1.807) is 13.2 Å². The van der Waals surface area contributed by atoms with Gasteiger partial charge in [0.25, 0.3) is 0 Å². The summed E-state index contributed by atoms with van der Waals surface area (Å²) in [7, 11) is 1.61. The molecule has 1 aliphatic heterocycles. The molecule has 0 radical (unpaired) electrons. The highest BCUT2D eigenvalue weighted by Crippen LogP contribution is 2.38. The summed E-state index contributed by atoms with van der Waals surface area (Å²) in [6.45, 7) is 0.0774. The van der Waals surface area contributed by atoms with E-state index < -0.39 is 12.3 Å². The smallest absolute Gasteiger partial charge is 0.497 e. The van der Waals surface area contributed by atoms with Crippen molar-refractivity contribution >= 4 is 16.9 Å². The maximum Gasteiger partial charge on any atom is 0.510 e. The molecule has 0 N–H and O–H groups in total. The molecule has 0 aliphatic carbocycles. The second kappa shape index (κ2) is 8.21. The van der Waals surface area contributed by atoms with Gasteiger partial charge in [0, 0.05) is 5.56 Å². The van der Waals surface area contributed by atoms with Gasteiger partial charge in [0.2, 0.25) is 6.10 Å². The average molecular weight is 389 g/mol. The number of methoxy groups -OCH3 is 1. The van der Waals surface area contributed by atoms with Crippen molar-refractivity contribution in [2.24, 2.45) is 0 Å². The van der Waals surface area contributed by atoms with Crippen LogP contribution in [0.15, 0.2) is 66.7 Å². The fraction of sp³-hybridized carbons (Fsp3) is 0.217. The zero-order valence-electron chi connectivity index (χ0n) is 15.8. The highest BCUT2D eigenvalue weighted by atomic mass is 16.7. The number of rotatable bonds is 6. The molecule has 29 heavy (non-hydrogen) atoms. The summed E-state index contributed by atoms with van der Waals surface area (Å²) >= 11 is 0. The molecule has 6 nitrogen and oxygen atoms in total. The number of nitriles is 1. The number of hydrogen-bond donors (Lipinski definition) is 0. The number of carbonyl (C=O) groups is 1. The van der Waals surface area contributed by atoms with E-state index >= 15 is 0 Å². The molecule has 1 heterocycles. The van der Waals surface area contributed by atoms with Gasteiger partial charge in [-0.05, 0) is 34.5 Å². The lowest BCUT2D eigenvalue weighted by molar-refractivity contribution is 0.0347. The standard InChI is InChI=1S/C23H19NO5/c1-26-19-10-9-16-11-18(8-7-17(16)12-19)20(13-24)29-23(25)27-14-21-22(28-21)15-5-3-2-4-6-15/h2-12,20-22H,14H2,1H3/t20-,21-,22+/m1/s1. The van der Waals surface area contributed by atoms with Crippen molar-refractivity contribution < 1.29 is 23.7 Å². The Kier molecular flexibility index (Phi) is 5.32. The van der Waals surface area contributed by atoms with Crippen LogP contribution in [0.3, 0.4) is 0 Å². The molecule has 146 valence electrons. The Balaban J connectivity index is 1.35. The van der Waals surface area contributed by atoms with Gasteiger partial charge in [0.15, 0.2) is 0 Å². The molecule has 0 aromatic heterocycles. The molecular weight excluding hydrogens is 370 g/mol. The van der Waals surface area contributed by atoms with Crippen LogP contribution in [0.1, 0.15) is 23.3 Å². The Labute approximate surface area is 168 Å². The summed E-state index contributed by atoms with van der Waals surface area (Å²) in [5.74, 6) is 0.748. The Morgan fingerprint density at radius 3 is 2.62 bits per heavy atom. The molecular formula is C23H19NO5. The van der Waals surface area contributed by atoms with Crippen LogP contribution in [-0.2, 0) is 14.2 Å². The maximum atomic E-state index is 12.0. The monoisotopic (exact) mass is 389 g/mol. The van der Waals surface area contributed by atoms with Gasteiger partial charge in [-0.3, -0.25) is 0 Å². The largest absolute Gasteiger partial charge is 0.510 e. The van der Waals surface area contributed by atoms with Gasteiger partial charge in [0.1, 0.15) is 30.6 Å². The van der Waals surface area contributed by atoms with Gasteiger partial charge in [-0.15, -0.1) is 0 Å². The average Bonchev–Trinajstić information content (AvgIpc) is 3.55. The first kappa shape index (κ1) is 18.8. The van der Waals surface area contributed by atoms with Crippen molar-refractivity contribution in [1.29, 1.82) is 5.26 Å². The molecule has 0 bridgehead atoms. The predicted octanol–water partition coefficient (Wildman–Crippen LogP) is 4.71. The highest BCUT2D eigenvalue weighted by Gasteiger charge is 2.41. The van der Waals surface area contributed by atoms with Crippen molar-refractivity contribution in [2.75, 3.05) is 13.7 Å². The number of fused-ring (bicyclic) bond motifs is 1. The van der Waals surface area contributed by atoms with Crippen LogP contribution < -0.4 is 4.74 Å². The van der Waals surface area contributed by atoms with E-state index in [4.69, 9.17) is 18.9 Å². The van der Waals surface area contributed by atoms with E-state index in [9.17, 15) is 10.1 Å². The normalized spacial score (nSPS) is 18.5. The SMILES string of the molecule is COc1ccc2cc([C@@H](C#N)OC(=O)OC[C@H]3O[C@H]3c3ccccc3)ccc2c1. The third-order valence-corrected chi connectivity index (χ3v) is 4.78. The maximum absolute atomic E-state index is 12.0. The first-order chi connectivity index (χ1) is 14.2. The second-order valence-corrected chi connectivity index (χ2v) is 6.67. The predicted molar refractivity (Wildman–Crippen MR) is 105 cm³/mol. The minimum Gasteiger partial charge on any atom is -0.497 e. The molecule has 1 fully saturated rings. The first-order valence-electron chi connectivity index (χ1n) is 9.19. The fourth-order valence-electron chi connectivity index (χ4n) is 3.19. The van der Waals surface area contributed by atoms with E-state index in [1.807, 2.05) is 66.7 Å². The quantitative estimate of drug-likeness (QED) is 0.449. The van der Waals surface area contributed by atoms with Crippen LogP contribution in [0.4, 0.5) is 4.79 Å². The molecule has 0 unspecified atom stereocenters. The molecule has 6 heteroatoms. The number of nitrogens with zero attached hydrogens (tertiary/aromatic N) is 1. The Hall–Kier alpha value is -3.56.